The summed E-state index contributed by atoms with van der Waals surface area (Å²) >= 11 is 0. The lowest BCUT2D eigenvalue weighted by Gasteiger charge is -2.19. The molecule has 2 rings (SSSR count). The number of hydrazine groups is 1. The normalized spacial score (nSPS) is 11.4. The predicted octanol–water partition coefficient (Wildman–Crippen LogP) is 2.96. The molecule has 1 aromatic carbocycles. The summed E-state index contributed by atoms with van der Waals surface area (Å²) < 4.78 is 0. The van der Waals surface area contributed by atoms with Crippen molar-refractivity contribution >= 4 is 5.82 Å². The van der Waals surface area contributed by atoms with E-state index in [-0.39, 0.29) is 5.41 Å². The summed E-state index contributed by atoms with van der Waals surface area (Å²) in [5.74, 6) is 6.97. The van der Waals surface area contributed by atoms with Gasteiger partial charge in [-0.3, -0.25) is 0 Å². The molecule has 0 saturated heterocycles. The van der Waals surface area contributed by atoms with E-state index in [2.05, 4.69) is 55.2 Å². The number of nitrogens with one attached hydrogen (secondary N) is 1. The Hall–Kier alpha value is -1.94. The summed E-state index contributed by atoms with van der Waals surface area (Å²) in [5.41, 5.74) is 6.07. The van der Waals surface area contributed by atoms with Gasteiger partial charge in [0.05, 0.1) is 5.69 Å². The second-order valence-electron chi connectivity index (χ2n) is 6.05. The molecule has 0 radical (unpaired) electrons. The molecule has 20 heavy (non-hydrogen) atoms. The molecule has 1 aromatic heterocycles. The topological polar surface area (TPSA) is 63.8 Å². The maximum atomic E-state index is 5.51. The molecule has 0 bridgehead atoms. The van der Waals surface area contributed by atoms with Crippen LogP contribution in [0.5, 0.6) is 0 Å². The van der Waals surface area contributed by atoms with E-state index in [0.29, 0.717) is 12.2 Å². The average molecular weight is 270 g/mol. The fourth-order valence-electron chi connectivity index (χ4n) is 2.01. The van der Waals surface area contributed by atoms with Crippen molar-refractivity contribution in [1.82, 2.24) is 9.97 Å². The van der Waals surface area contributed by atoms with Gasteiger partial charge in [0.1, 0.15) is 11.6 Å². The number of nitrogen functional groups attached to an aromatic ring is 1. The second-order valence-corrected chi connectivity index (χ2v) is 6.05. The van der Waals surface area contributed by atoms with Crippen LogP contribution in [-0.2, 0) is 11.8 Å². The predicted molar refractivity (Wildman–Crippen MR) is 82.5 cm³/mol. The van der Waals surface area contributed by atoms with Crippen LogP contribution < -0.4 is 11.3 Å². The van der Waals surface area contributed by atoms with Crippen molar-refractivity contribution in [3.63, 3.8) is 0 Å². The smallest absolute Gasteiger partial charge is 0.143 e. The third-order valence-electron chi connectivity index (χ3n) is 3.30. The van der Waals surface area contributed by atoms with Crippen LogP contribution in [0.4, 0.5) is 5.82 Å². The highest BCUT2D eigenvalue weighted by Crippen LogP contribution is 2.23. The van der Waals surface area contributed by atoms with Gasteiger partial charge < -0.3 is 5.43 Å². The third-order valence-corrected chi connectivity index (χ3v) is 3.30. The molecule has 1 heterocycles. The number of aromatic nitrogens is 2. The molecule has 0 aliphatic heterocycles. The van der Waals surface area contributed by atoms with E-state index in [4.69, 9.17) is 5.84 Å². The van der Waals surface area contributed by atoms with Crippen LogP contribution in [-0.4, -0.2) is 9.97 Å². The quantitative estimate of drug-likeness (QED) is 0.665. The van der Waals surface area contributed by atoms with Gasteiger partial charge in [0.2, 0.25) is 0 Å². The number of nitrogens with two attached hydrogens (primary N) is 1. The van der Waals surface area contributed by atoms with Gasteiger partial charge in [-0.25, -0.2) is 15.8 Å². The van der Waals surface area contributed by atoms with Crippen molar-refractivity contribution in [3.8, 4) is 0 Å². The van der Waals surface area contributed by atoms with E-state index in [9.17, 15) is 0 Å². The van der Waals surface area contributed by atoms with Crippen LogP contribution in [0.3, 0.4) is 0 Å². The van der Waals surface area contributed by atoms with Gasteiger partial charge in [-0.05, 0) is 18.1 Å². The Labute approximate surface area is 120 Å². The minimum Gasteiger partial charge on any atom is -0.308 e. The Morgan fingerprint density at radius 2 is 1.85 bits per heavy atom. The molecular weight excluding hydrogens is 248 g/mol. The van der Waals surface area contributed by atoms with Crippen molar-refractivity contribution in [1.29, 1.82) is 0 Å². The Balaban J connectivity index is 2.39. The number of hydrogen-bond donors (Lipinski definition) is 2. The Morgan fingerprint density at radius 3 is 2.45 bits per heavy atom. The molecule has 2 aromatic rings. The van der Waals surface area contributed by atoms with Gasteiger partial charge >= 0.3 is 0 Å². The molecule has 3 N–H and O–H groups in total. The molecule has 0 amide bonds. The van der Waals surface area contributed by atoms with Gasteiger partial charge in [0.25, 0.3) is 0 Å². The highest BCUT2D eigenvalue weighted by atomic mass is 15.3. The lowest BCUT2D eigenvalue weighted by atomic mass is 9.91. The van der Waals surface area contributed by atoms with E-state index in [1.54, 1.807) is 0 Å². The van der Waals surface area contributed by atoms with E-state index in [1.807, 2.05) is 18.2 Å². The second kappa shape index (κ2) is 5.59. The van der Waals surface area contributed by atoms with Crippen LogP contribution in [0.25, 0.3) is 0 Å². The SMILES string of the molecule is Cc1ccccc1Cc1nc(NN)cc(C(C)(C)C)n1. The maximum Gasteiger partial charge on any atom is 0.143 e. The van der Waals surface area contributed by atoms with E-state index in [1.165, 1.54) is 11.1 Å². The number of hydrogen-bond acceptors (Lipinski definition) is 4. The monoisotopic (exact) mass is 270 g/mol. The van der Waals surface area contributed by atoms with Gasteiger partial charge in [0, 0.05) is 17.9 Å². The van der Waals surface area contributed by atoms with Crippen LogP contribution in [0.15, 0.2) is 30.3 Å². The van der Waals surface area contributed by atoms with Crippen LogP contribution in [0.2, 0.25) is 0 Å². The van der Waals surface area contributed by atoms with Crippen LogP contribution in [0, 0.1) is 6.92 Å². The lowest BCUT2D eigenvalue weighted by molar-refractivity contribution is 0.563. The van der Waals surface area contributed by atoms with Crippen molar-refractivity contribution in [3.05, 3.63) is 53.0 Å². The van der Waals surface area contributed by atoms with Gasteiger partial charge in [-0.2, -0.15) is 0 Å². The third kappa shape index (κ3) is 3.33. The average Bonchev–Trinajstić information content (AvgIpc) is 2.40. The first-order valence-electron chi connectivity index (χ1n) is 6.79. The van der Waals surface area contributed by atoms with Gasteiger partial charge in [-0.1, -0.05) is 45.0 Å². The zero-order valence-electron chi connectivity index (χ0n) is 12.6. The minimum absolute atomic E-state index is 0.0327. The molecule has 4 heteroatoms. The molecular formula is C16H22N4. The fourth-order valence-corrected chi connectivity index (χ4v) is 2.01. The zero-order chi connectivity index (χ0) is 14.8. The zero-order valence-corrected chi connectivity index (χ0v) is 12.6. The Bertz CT molecular complexity index is 600. The van der Waals surface area contributed by atoms with Crippen LogP contribution in [0.1, 0.15) is 43.4 Å². The number of rotatable bonds is 3. The molecule has 0 aliphatic carbocycles. The Morgan fingerprint density at radius 1 is 1.15 bits per heavy atom. The number of nitrogens with zero attached hydrogens (tertiary/aromatic N) is 2. The van der Waals surface area contributed by atoms with Crippen molar-refractivity contribution in [2.75, 3.05) is 5.43 Å². The first kappa shape index (κ1) is 14.5. The summed E-state index contributed by atoms with van der Waals surface area (Å²) in [7, 11) is 0. The summed E-state index contributed by atoms with van der Waals surface area (Å²) in [6.45, 7) is 8.50. The van der Waals surface area contributed by atoms with Crippen molar-refractivity contribution in [2.45, 2.75) is 39.5 Å². The fraction of sp³-hybridized carbons (Fsp3) is 0.375. The van der Waals surface area contributed by atoms with Crippen molar-refractivity contribution in [2.24, 2.45) is 5.84 Å². The molecule has 0 aliphatic rings. The molecule has 0 unspecified atom stereocenters. The summed E-state index contributed by atoms with van der Waals surface area (Å²) in [4.78, 5) is 9.14. The van der Waals surface area contributed by atoms with Crippen molar-refractivity contribution < 1.29 is 0 Å². The molecule has 0 fully saturated rings. The largest absolute Gasteiger partial charge is 0.308 e. The molecule has 0 atom stereocenters. The number of benzene rings is 1. The standard InChI is InChI=1S/C16H22N4/c1-11-7-5-6-8-12(11)9-14-18-13(16(2,3)4)10-15(19-14)20-17/h5-8,10H,9,17H2,1-4H3,(H,18,19,20). The minimum atomic E-state index is -0.0327. The molecule has 4 nitrogen and oxygen atoms in total. The lowest BCUT2D eigenvalue weighted by Crippen LogP contribution is -2.18. The number of anilines is 1. The first-order valence-corrected chi connectivity index (χ1v) is 6.79. The van der Waals surface area contributed by atoms with E-state index in [0.717, 1.165) is 11.5 Å². The van der Waals surface area contributed by atoms with Crippen LogP contribution >= 0.6 is 0 Å². The van der Waals surface area contributed by atoms with Gasteiger partial charge in [-0.15, -0.1) is 0 Å². The molecule has 0 spiro atoms. The highest BCUT2D eigenvalue weighted by molar-refractivity contribution is 5.38. The summed E-state index contributed by atoms with van der Waals surface area (Å²) in [6, 6.07) is 10.2. The van der Waals surface area contributed by atoms with E-state index >= 15 is 0 Å². The maximum absolute atomic E-state index is 5.51. The van der Waals surface area contributed by atoms with E-state index < -0.39 is 0 Å². The summed E-state index contributed by atoms with van der Waals surface area (Å²) in [5, 5.41) is 0. The Kier molecular flexibility index (Phi) is 4.04. The summed E-state index contributed by atoms with van der Waals surface area (Å²) in [6.07, 6.45) is 0.714. The highest BCUT2D eigenvalue weighted by Gasteiger charge is 2.18. The number of aryl methyl sites for hydroxylation is 1. The molecule has 106 valence electrons. The van der Waals surface area contributed by atoms with Gasteiger partial charge in [0.15, 0.2) is 0 Å². The molecule has 0 saturated carbocycles. The first-order chi connectivity index (χ1) is 9.40.